The van der Waals surface area contributed by atoms with Gasteiger partial charge in [0, 0.05) is 6.54 Å². The highest BCUT2D eigenvalue weighted by Gasteiger charge is 2.07. The maximum absolute atomic E-state index is 5.55. The van der Waals surface area contributed by atoms with Crippen LogP contribution in [0, 0.1) is 12.3 Å². The maximum Gasteiger partial charge on any atom is 0.108 e. The Labute approximate surface area is 78.7 Å². The summed E-state index contributed by atoms with van der Waals surface area (Å²) in [6, 6.07) is 9.83. The van der Waals surface area contributed by atoms with Gasteiger partial charge in [-0.15, -0.1) is 6.42 Å². The van der Waals surface area contributed by atoms with E-state index < -0.39 is 0 Å². The number of hydrogen-bond acceptors (Lipinski definition) is 2. The number of ether oxygens (including phenoxy) is 1. The number of terminal acetylenes is 1. The first-order chi connectivity index (χ1) is 6.38. The Hall–Kier alpha value is -1.30. The first-order valence-electron chi connectivity index (χ1n) is 4.18. The quantitative estimate of drug-likeness (QED) is 0.701. The van der Waals surface area contributed by atoms with Crippen LogP contribution in [0.15, 0.2) is 30.3 Å². The molecule has 0 aliphatic heterocycles. The van der Waals surface area contributed by atoms with E-state index in [1.807, 2.05) is 30.3 Å². The van der Waals surface area contributed by atoms with Crippen molar-refractivity contribution in [3.63, 3.8) is 0 Å². The zero-order valence-electron chi connectivity index (χ0n) is 7.44. The van der Waals surface area contributed by atoms with Crippen LogP contribution in [-0.4, -0.2) is 13.2 Å². The van der Waals surface area contributed by atoms with Gasteiger partial charge in [0.2, 0.25) is 0 Å². The van der Waals surface area contributed by atoms with Crippen LogP contribution in [0.25, 0.3) is 0 Å². The molecule has 0 aliphatic rings. The van der Waals surface area contributed by atoms with Crippen LogP contribution in [0.2, 0.25) is 0 Å². The van der Waals surface area contributed by atoms with Crippen molar-refractivity contribution in [3.05, 3.63) is 35.9 Å². The normalized spacial score (nSPS) is 12.0. The summed E-state index contributed by atoms with van der Waals surface area (Å²) in [5.41, 5.74) is 6.62. The van der Waals surface area contributed by atoms with E-state index >= 15 is 0 Å². The van der Waals surface area contributed by atoms with Gasteiger partial charge in [0.1, 0.15) is 6.61 Å². The van der Waals surface area contributed by atoms with Gasteiger partial charge in [0.05, 0.1) is 6.10 Å². The highest BCUT2D eigenvalue weighted by Crippen LogP contribution is 2.14. The summed E-state index contributed by atoms with van der Waals surface area (Å²) < 4.78 is 5.37. The topological polar surface area (TPSA) is 35.2 Å². The molecule has 2 heteroatoms. The molecule has 0 heterocycles. The predicted molar refractivity (Wildman–Crippen MR) is 53.0 cm³/mol. The largest absolute Gasteiger partial charge is 0.360 e. The second-order valence-corrected chi connectivity index (χ2v) is 2.65. The minimum atomic E-state index is -0.0859. The average Bonchev–Trinajstić information content (AvgIpc) is 2.21. The Morgan fingerprint density at radius 1 is 1.38 bits per heavy atom. The Kier molecular flexibility index (Phi) is 4.04. The maximum atomic E-state index is 5.55. The molecule has 13 heavy (non-hydrogen) atoms. The Morgan fingerprint density at radius 3 is 2.62 bits per heavy atom. The molecule has 0 aliphatic carbocycles. The van der Waals surface area contributed by atoms with Crippen LogP contribution in [0.4, 0.5) is 0 Å². The van der Waals surface area contributed by atoms with Crippen LogP contribution in [0.3, 0.4) is 0 Å². The first-order valence-corrected chi connectivity index (χ1v) is 4.18. The molecule has 0 fully saturated rings. The van der Waals surface area contributed by atoms with E-state index in [-0.39, 0.29) is 6.10 Å². The average molecular weight is 175 g/mol. The summed E-state index contributed by atoms with van der Waals surface area (Å²) in [6.07, 6.45) is 5.01. The smallest absolute Gasteiger partial charge is 0.108 e. The molecule has 0 aromatic heterocycles. The lowest BCUT2D eigenvalue weighted by atomic mass is 10.1. The molecule has 1 aromatic carbocycles. The molecule has 1 aromatic rings. The SMILES string of the molecule is C#CCOC(CN)c1ccccc1. The second-order valence-electron chi connectivity index (χ2n) is 2.65. The molecule has 1 atom stereocenters. The van der Waals surface area contributed by atoms with Crippen molar-refractivity contribution in [2.45, 2.75) is 6.10 Å². The third-order valence-corrected chi connectivity index (χ3v) is 1.75. The third kappa shape index (κ3) is 2.90. The van der Waals surface area contributed by atoms with Crippen LogP contribution >= 0.6 is 0 Å². The Bertz CT molecular complexity index is 276. The summed E-state index contributed by atoms with van der Waals surface area (Å²) >= 11 is 0. The van der Waals surface area contributed by atoms with Crippen LogP contribution in [0.5, 0.6) is 0 Å². The number of hydrogen-bond donors (Lipinski definition) is 1. The van der Waals surface area contributed by atoms with E-state index in [1.54, 1.807) is 0 Å². The molecule has 2 N–H and O–H groups in total. The summed E-state index contributed by atoms with van der Waals surface area (Å²) in [6.45, 7) is 0.752. The molecule has 0 radical (unpaired) electrons. The highest BCUT2D eigenvalue weighted by molar-refractivity contribution is 5.17. The molecule has 0 spiro atoms. The fraction of sp³-hybridized carbons (Fsp3) is 0.273. The van der Waals surface area contributed by atoms with E-state index in [0.717, 1.165) is 5.56 Å². The van der Waals surface area contributed by atoms with Gasteiger partial charge in [0.25, 0.3) is 0 Å². The van der Waals surface area contributed by atoms with Crippen molar-refractivity contribution >= 4 is 0 Å². The zero-order chi connectivity index (χ0) is 9.52. The van der Waals surface area contributed by atoms with E-state index in [1.165, 1.54) is 0 Å². The van der Waals surface area contributed by atoms with Crippen LogP contribution in [-0.2, 0) is 4.74 Å². The summed E-state index contributed by atoms with van der Waals surface area (Å²) in [5.74, 6) is 2.42. The van der Waals surface area contributed by atoms with Crippen molar-refractivity contribution in [2.75, 3.05) is 13.2 Å². The molecule has 68 valence electrons. The van der Waals surface area contributed by atoms with Crippen LogP contribution in [0.1, 0.15) is 11.7 Å². The molecule has 0 saturated heterocycles. The van der Waals surface area contributed by atoms with Gasteiger partial charge in [-0.3, -0.25) is 0 Å². The summed E-state index contributed by atoms with van der Waals surface area (Å²) in [5, 5.41) is 0. The minimum absolute atomic E-state index is 0.0859. The van der Waals surface area contributed by atoms with E-state index in [4.69, 9.17) is 16.9 Å². The zero-order valence-corrected chi connectivity index (χ0v) is 7.44. The van der Waals surface area contributed by atoms with Gasteiger partial charge in [-0.1, -0.05) is 36.3 Å². The predicted octanol–water partition coefficient (Wildman–Crippen LogP) is 1.34. The monoisotopic (exact) mass is 175 g/mol. The number of benzene rings is 1. The second kappa shape index (κ2) is 5.36. The van der Waals surface area contributed by atoms with Crippen LogP contribution < -0.4 is 5.73 Å². The molecular weight excluding hydrogens is 162 g/mol. The lowest BCUT2D eigenvalue weighted by molar-refractivity contribution is 0.0845. The lowest BCUT2D eigenvalue weighted by Crippen LogP contribution is -2.15. The van der Waals surface area contributed by atoms with Gasteiger partial charge >= 0.3 is 0 Å². The summed E-state index contributed by atoms with van der Waals surface area (Å²) in [7, 11) is 0. The molecule has 1 unspecified atom stereocenters. The van der Waals surface area contributed by atoms with Crippen molar-refractivity contribution in [1.82, 2.24) is 0 Å². The van der Waals surface area contributed by atoms with Gasteiger partial charge in [-0.25, -0.2) is 0 Å². The molecular formula is C11H13NO. The van der Waals surface area contributed by atoms with Crippen molar-refractivity contribution in [3.8, 4) is 12.3 Å². The number of rotatable bonds is 4. The van der Waals surface area contributed by atoms with Gasteiger partial charge < -0.3 is 10.5 Å². The standard InChI is InChI=1S/C11H13NO/c1-2-8-13-11(9-12)10-6-4-3-5-7-10/h1,3-7,11H,8-9,12H2. The molecule has 0 bridgehead atoms. The van der Waals surface area contributed by atoms with E-state index in [0.29, 0.717) is 13.2 Å². The van der Waals surface area contributed by atoms with Gasteiger partial charge in [0.15, 0.2) is 0 Å². The third-order valence-electron chi connectivity index (χ3n) is 1.75. The molecule has 0 saturated carbocycles. The Morgan fingerprint density at radius 2 is 2.08 bits per heavy atom. The molecule has 2 nitrogen and oxygen atoms in total. The lowest BCUT2D eigenvalue weighted by Gasteiger charge is -2.14. The fourth-order valence-corrected chi connectivity index (χ4v) is 1.12. The van der Waals surface area contributed by atoms with E-state index in [9.17, 15) is 0 Å². The van der Waals surface area contributed by atoms with Gasteiger partial charge in [-0.05, 0) is 5.56 Å². The van der Waals surface area contributed by atoms with E-state index in [2.05, 4.69) is 5.92 Å². The van der Waals surface area contributed by atoms with Crippen molar-refractivity contribution in [1.29, 1.82) is 0 Å². The minimum Gasteiger partial charge on any atom is -0.360 e. The molecule has 1 rings (SSSR count). The molecule has 0 amide bonds. The Balaban J connectivity index is 2.63. The highest BCUT2D eigenvalue weighted by atomic mass is 16.5. The number of nitrogens with two attached hydrogens (primary N) is 1. The fourth-order valence-electron chi connectivity index (χ4n) is 1.12. The van der Waals surface area contributed by atoms with Gasteiger partial charge in [-0.2, -0.15) is 0 Å². The first kappa shape index (κ1) is 9.79. The van der Waals surface area contributed by atoms with Crippen molar-refractivity contribution < 1.29 is 4.74 Å². The van der Waals surface area contributed by atoms with Crippen molar-refractivity contribution in [2.24, 2.45) is 5.73 Å². The summed E-state index contributed by atoms with van der Waals surface area (Å²) in [4.78, 5) is 0.